The van der Waals surface area contributed by atoms with E-state index in [1.807, 2.05) is 0 Å². The summed E-state index contributed by atoms with van der Waals surface area (Å²) in [5.41, 5.74) is -0.283. The van der Waals surface area contributed by atoms with E-state index in [0.717, 1.165) is 6.07 Å². The van der Waals surface area contributed by atoms with Crippen LogP contribution in [0.15, 0.2) is 6.07 Å². The lowest BCUT2D eigenvalue weighted by Gasteiger charge is -2.09. The largest absolute Gasteiger partial charge is 0.466 e. The van der Waals surface area contributed by atoms with Crippen LogP contribution in [-0.4, -0.2) is 17.6 Å². The summed E-state index contributed by atoms with van der Waals surface area (Å²) in [6.07, 6.45) is -2.94. The summed E-state index contributed by atoms with van der Waals surface area (Å²) in [5.74, 6) is -0.557. The number of esters is 1. The van der Waals surface area contributed by atoms with Gasteiger partial charge in [-0.2, -0.15) is 5.26 Å². The Bertz CT molecular complexity index is 501. The number of aromatic nitrogens is 1. The third-order valence-corrected chi connectivity index (χ3v) is 3.27. The van der Waals surface area contributed by atoms with Gasteiger partial charge in [-0.05, 0) is 35.6 Å². The molecule has 0 aliphatic carbocycles. The molecule has 18 heavy (non-hydrogen) atoms. The molecule has 0 amide bonds. The summed E-state index contributed by atoms with van der Waals surface area (Å²) < 4.78 is 30.4. The van der Waals surface area contributed by atoms with Crippen LogP contribution in [0.1, 0.15) is 30.3 Å². The van der Waals surface area contributed by atoms with Crippen LogP contribution in [0, 0.1) is 14.9 Å². The highest BCUT2D eigenvalue weighted by atomic mass is 127. The van der Waals surface area contributed by atoms with Crippen LogP contribution in [-0.2, 0) is 16.0 Å². The number of carbonyl (C=O) groups excluding carboxylic acids is 1. The standard InChI is InChI=1S/C11H9F2IN2O2/c1-2-18-9(17)4-8-10(14)7(11(12)13)3-6(5-15)16-8/h3,11H,2,4H2,1H3. The maximum absolute atomic E-state index is 12.8. The predicted molar refractivity (Wildman–Crippen MR) is 67.0 cm³/mol. The second-order valence-electron chi connectivity index (χ2n) is 3.25. The minimum atomic E-state index is -2.71. The zero-order chi connectivity index (χ0) is 13.7. The number of pyridine rings is 1. The van der Waals surface area contributed by atoms with Crippen molar-refractivity contribution in [1.82, 2.24) is 4.98 Å². The van der Waals surface area contributed by atoms with Crippen molar-refractivity contribution in [2.24, 2.45) is 0 Å². The number of hydrogen-bond acceptors (Lipinski definition) is 4. The molecule has 0 N–H and O–H groups in total. The average Bonchev–Trinajstić information content (AvgIpc) is 2.31. The van der Waals surface area contributed by atoms with Gasteiger partial charge in [0, 0.05) is 9.13 Å². The fourth-order valence-electron chi connectivity index (χ4n) is 1.29. The first-order valence-corrected chi connectivity index (χ1v) is 6.10. The molecule has 0 aliphatic rings. The Morgan fingerprint density at radius 1 is 1.67 bits per heavy atom. The summed E-state index contributed by atoms with van der Waals surface area (Å²) in [7, 11) is 0. The van der Waals surface area contributed by atoms with E-state index in [0.29, 0.717) is 0 Å². The maximum Gasteiger partial charge on any atom is 0.311 e. The lowest BCUT2D eigenvalue weighted by molar-refractivity contribution is -0.142. The molecule has 1 aromatic rings. The minimum absolute atomic E-state index is 0.134. The Hall–Kier alpha value is -1.30. The van der Waals surface area contributed by atoms with E-state index < -0.39 is 12.4 Å². The van der Waals surface area contributed by atoms with Gasteiger partial charge in [0.25, 0.3) is 6.43 Å². The van der Waals surface area contributed by atoms with Crippen molar-refractivity contribution < 1.29 is 18.3 Å². The van der Waals surface area contributed by atoms with Crippen molar-refractivity contribution in [2.45, 2.75) is 19.8 Å². The maximum atomic E-state index is 12.8. The molecule has 0 aliphatic heterocycles. The molecule has 0 atom stereocenters. The molecule has 0 aromatic carbocycles. The molecule has 1 heterocycles. The zero-order valence-electron chi connectivity index (χ0n) is 9.41. The molecule has 1 aromatic heterocycles. The minimum Gasteiger partial charge on any atom is -0.466 e. The molecule has 0 unspecified atom stereocenters. The molecule has 0 radical (unpaired) electrons. The number of halogens is 3. The molecule has 0 fully saturated rings. The Morgan fingerprint density at radius 2 is 2.33 bits per heavy atom. The number of alkyl halides is 2. The molecule has 7 heteroatoms. The van der Waals surface area contributed by atoms with Crippen LogP contribution in [0.5, 0.6) is 0 Å². The molecule has 0 bridgehead atoms. The first kappa shape index (κ1) is 14.8. The second kappa shape index (κ2) is 6.58. The van der Waals surface area contributed by atoms with E-state index in [1.165, 1.54) is 0 Å². The van der Waals surface area contributed by atoms with Gasteiger partial charge < -0.3 is 4.74 Å². The summed E-state index contributed by atoms with van der Waals surface area (Å²) in [6.45, 7) is 1.85. The summed E-state index contributed by atoms with van der Waals surface area (Å²) in [4.78, 5) is 15.2. The molecule has 1 rings (SSSR count). The van der Waals surface area contributed by atoms with Crippen LogP contribution < -0.4 is 0 Å². The van der Waals surface area contributed by atoms with Gasteiger partial charge in [0.2, 0.25) is 0 Å². The SMILES string of the molecule is CCOC(=O)Cc1nc(C#N)cc(C(F)F)c1I. The van der Waals surface area contributed by atoms with E-state index >= 15 is 0 Å². The lowest BCUT2D eigenvalue weighted by Crippen LogP contribution is -2.12. The van der Waals surface area contributed by atoms with E-state index in [1.54, 1.807) is 35.6 Å². The number of carbonyl (C=O) groups is 1. The highest BCUT2D eigenvalue weighted by Gasteiger charge is 2.19. The number of nitriles is 1. The number of ether oxygens (including phenoxy) is 1. The van der Waals surface area contributed by atoms with Gasteiger partial charge in [0.15, 0.2) is 0 Å². The predicted octanol–water partition coefficient (Wildman–Crippen LogP) is 2.60. The van der Waals surface area contributed by atoms with Crippen LogP contribution in [0.2, 0.25) is 0 Å². The van der Waals surface area contributed by atoms with Crippen LogP contribution in [0.4, 0.5) is 8.78 Å². The third kappa shape index (κ3) is 3.60. The Balaban J connectivity index is 3.14. The van der Waals surface area contributed by atoms with Crippen molar-refractivity contribution >= 4 is 28.6 Å². The van der Waals surface area contributed by atoms with Crippen molar-refractivity contribution in [3.8, 4) is 6.07 Å². The smallest absolute Gasteiger partial charge is 0.311 e. The highest BCUT2D eigenvalue weighted by molar-refractivity contribution is 14.1. The van der Waals surface area contributed by atoms with Crippen LogP contribution in [0.3, 0.4) is 0 Å². The summed E-state index contributed by atoms with van der Waals surface area (Å²) >= 11 is 1.69. The zero-order valence-corrected chi connectivity index (χ0v) is 11.6. The number of hydrogen-bond donors (Lipinski definition) is 0. The van der Waals surface area contributed by atoms with Gasteiger partial charge in [-0.15, -0.1) is 0 Å². The molecule has 4 nitrogen and oxygen atoms in total. The summed E-state index contributed by atoms with van der Waals surface area (Å²) in [6, 6.07) is 2.72. The highest BCUT2D eigenvalue weighted by Crippen LogP contribution is 2.27. The molecule has 0 saturated heterocycles. The second-order valence-corrected chi connectivity index (χ2v) is 4.33. The van der Waals surface area contributed by atoms with Gasteiger partial charge in [0.05, 0.1) is 18.7 Å². The number of rotatable bonds is 4. The van der Waals surface area contributed by atoms with E-state index in [9.17, 15) is 13.6 Å². The first-order valence-electron chi connectivity index (χ1n) is 5.02. The topological polar surface area (TPSA) is 63.0 Å². The fourth-order valence-corrected chi connectivity index (χ4v) is 1.99. The van der Waals surface area contributed by atoms with Gasteiger partial charge in [0.1, 0.15) is 11.8 Å². The molecule has 0 spiro atoms. The van der Waals surface area contributed by atoms with E-state index in [-0.39, 0.29) is 33.5 Å². The molecular formula is C11H9F2IN2O2. The quantitative estimate of drug-likeness (QED) is 0.607. The monoisotopic (exact) mass is 366 g/mol. The molecule has 0 saturated carbocycles. The molecule has 96 valence electrons. The normalized spacial score (nSPS) is 10.2. The molecular weight excluding hydrogens is 357 g/mol. The van der Waals surface area contributed by atoms with Crippen molar-refractivity contribution in [2.75, 3.05) is 6.61 Å². The Morgan fingerprint density at radius 3 is 2.83 bits per heavy atom. The average molecular weight is 366 g/mol. The van der Waals surface area contributed by atoms with Gasteiger partial charge in [-0.25, -0.2) is 13.8 Å². The van der Waals surface area contributed by atoms with Crippen LogP contribution >= 0.6 is 22.6 Å². The van der Waals surface area contributed by atoms with Gasteiger partial charge in [-0.3, -0.25) is 4.79 Å². The first-order chi connectivity index (χ1) is 8.49. The van der Waals surface area contributed by atoms with Crippen molar-refractivity contribution in [3.05, 3.63) is 26.6 Å². The summed E-state index contributed by atoms with van der Waals surface area (Å²) in [5, 5.41) is 8.72. The van der Waals surface area contributed by atoms with Crippen LogP contribution in [0.25, 0.3) is 0 Å². The van der Waals surface area contributed by atoms with Crippen molar-refractivity contribution in [3.63, 3.8) is 0 Å². The lowest BCUT2D eigenvalue weighted by atomic mass is 10.1. The fraction of sp³-hybridized carbons (Fsp3) is 0.364. The van der Waals surface area contributed by atoms with Crippen molar-refractivity contribution in [1.29, 1.82) is 5.26 Å². The number of nitrogens with zero attached hydrogens (tertiary/aromatic N) is 2. The third-order valence-electron chi connectivity index (χ3n) is 2.02. The van der Waals surface area contributed by atoms with Gasteiger partial charge >= 0.3 is 5.97 Å². The van der Waals surface area contributed by atoms with E-state index in [2.05, 4.69) is 4.98 Å². The van der Waals surface area contributed by atoms with E-state index in [4.69, 9.17) is 10.00 Å². The van der Waals surface area contributed by atoms with Gasteiger partial charge in [-0.1, -0.05) is 0 Å². The Kier molecular flexibility index (Phi) is 5.40. The Labute approximate surface area is 116 Å².